The van der Waals surface area contributed by atoms with Gasteiger partial charge in [0.2, 0.25) is 5.91 Å². The Morgan fingerprint density at radius 1 is 1.03 bits per heavy atom. The highest BCUT2D eigenvalue weighted by Gasteiger charge is 2.31. The number of alkyl halides is 3. The largest absolute Gasteiger partial charge is 0.573 e. The Kier molecular flexibility index (Phi) is 7.42. The molecule has 0 fully saturated rings. The molecule has 192 valence electrons. The Morgan fingerprint density at radius 3 is 2.38 bits per heavy atom. The Balaban J connectivity index is 1.50. The molecule has 3 N–H and O–H groups in total. The average Bonchev–Trinajstić information content (AvgIpc) is 3.20. The lowest BCUT2D eigenvalue weighted by molar-refractivity contribution is -0.274. The zero-order valence-electron chi connectivity index (χ0n) is 18.5. The number of nitrogens with zero attached hydrogens (tertiary/aromatic N) is 3. The van der Waals surface area contributed by atoms with Crippen LogP contribution in [0.4, 0.5) is 23.2 Å². The van der Waals surface area contributed by atoms with Crippen LogP contribution in [0.25, 0.3) is 5.69 Å². The summed E-state index contributed by atoms with van der Waals surface area (Å²) in [5.74, 6) is -1.24. The predicted octanol–water partition coefficient (Wildman–Crippen LogP) is 3.00. The second kappa shape index (κ2) is 10.7. The van der Waals surface area contributed by atoms with Crippen molar-refractivity contribution in [1.82, 2.24) is 24.7 Å². The van der Waals surface area contributed by atoms with Gasteiger partial charge in [-0.05, 0) is 48.5 Å². The van der Waals surface area contributed by atoms with Crippen molar-refractivity contribution < 1.29 is 27.1 Å². The van der Waals surface area contributed by atoms with Crippen LogP contribution in [0, 0.1) is 5.82 Å². The van der Waals surface area contributed by atoms with Crippen LogP contribution in [-0.4, -0.2) is 42.8 Å². The van der Waals surface area contributed by atoms with Crippen molar-refractivity contribution in [1.29, 1.82) is 0 Å². The number of ether oxygens (including phenoxy) is 1. The van der Waals surface area contributed by atoms with Gasteiger partial charge in [0.15, 0.2) is 5.16 Å². The van der Waals surface area contributed by atoms with Crippen LogP contribution in [0.15, 0.2) is 69.3 Å². The highest BCUT2D eigenvalue weighted by atomic mass is 32.2. The number of nitrogens with one attached hydrogen (secondary N) is 3. The van der Waals surface area contributed by atoms with Gasteiger partial charge in [-0.25, -0.2) is 9.18 Å². The van der Waals surface area contributed by atoms with Gasteiger partial charge in [-0.1, -0.05) is 11.8 Å². The monoisotopic (exact) mass is 536 g/mol. The molecule has 37 heavy (non-hydrogen) atoms. The number of anilines is 1. The third kappa shape index (κ3) is 7.07. The summed E-state index contributed by atoms with van der Waals surface area (Å²) >= 11 is 0.992. The molecule has 0 saturated carbocycles. The van der Waals surface area contributed by atoms with Gasteiger partial charge in [0.25, 0.3) is 5.56 Å². The molecule has 0 aliphatic rings. The maximum absolute atomic E-state index is 13.5. The van der Waals surface area contributed by atoms with Crippen LogP contribution in [-0.2, 0) is 11.2 Å². The Bertz CT molecular complexity index is 1490. The summed E-state index contributed by atoms with van der Waals surface area (Å²) in [4.78, 5) is 40.2. The van der Waals surface area contributed by atoms with Crippen molar-refractivity contribution in [2.75, 3.05) is 11.1 Å². The molecule has 0 aliphatic carbocycles. The smallest absolute Gasteiger partial charge is 0.406 e. The van der Waals surface area contributed by atoms with Gasteiger partial charge in [-0.3, -0.25) is 19.1 Å². The quantitative estimate of drug-likeness (QED) is 0.233. The summed E-state index contributed by atoms with van der Waals surface area (Å²) in [5, 5.41) is 11.0. The lowest BCUT2D eigenvalue weighted by atomic mass is 10.2. The van der Waals surface area contributed by atoms with E-state index in [0.717, 1.165) is 23.9 Å². The minimum Gasteiger partial charge on any atom is -0.406 e. The van der Waals surface area contributed by atoms with Gasteiger partial charge >= 0.3 is 12.1 Å². The van der Waals surface area contributed by atoms with Gasteiger partial charge in [0.1, 0.15) is 17.4 Å². The Morgan fingerprint density at radius 2 is 1.73 bits per heavy atom. The summed E-state index contributed by atoms with van der Waals surface area (Å²) in [6, 6.07) is 11.2. The maximum atomic E-state index is 13.5. The van der Waals surface area contributed by atoms with E-state index < -0.39 is 35.1 Å². The molecular formula is C22H16F4N6O4S. The molecule has 4 rings (SSSR count). The summed E-state index contributed by atoms with van der Waals surface area (Å²) in [6.07, 6.45) is -4.82. The van der Waals surface area contributed by atoms with Gasteiger partial charge in [0.05, 0.1) is 5.75 Å². The maximum Gasteiger partial charge on any atom is 0.573 e. The van der Waals surface area contributed by atoms with E-state index in [9.17, 15) is 31.9 Å². The van der Waals surface area contributed by atoms with Crippen molar-refractivity contribution in [2.24, 2.45) is 0 Å². The summed E-state index contributed by atoms with van der Waals surface area (Å²) in [6.45, 7) is 0. The number of benzene rings is 2. The number of thioether (sulfide) groups is 1. The fraction of sp³-hybridized carbons (Fsp3) is 0.136. The summed E-state index contributed by atoms with van der Waals surface area (Å²) in [5.41, 5.74) is -0.317. The molecular weight excluding hydrogens is 520 g/mol. The van der Waals surface area contributed by atoms with Gasteiger partial charge in [0, 0.05) is 29.6 Å². The number of rotatable bonds is 8. The molecule has 2 aromatic heterocycles. The van der Waals surface area contributed by atoms with E-state index in [2.05, 4.69) is 30.2 Å². The predicted molar refractivity (Wildman–Crippen MR) is 124 cm³/mol. The normalized spacial score (nSPS) is 11.4. The van der Waals surface area contributed by atoms with Gasteiger partial charge < -0.3 is 15.0 Å². The highest BCUT2D eigenvalue weighted by Crippen LogP contribution is 2.25. The van der Waals surface area contributed by atoms with Crippen LogP contribution in [0.2, 0.25) is 0 Å². The fourth-order valence-corrected chi connectivity index (χ4v) is 3.98. The van der Waals surface area contributed by atoms with Gasteiger partial charge in [-0.15, -0.1) is 23.4 Å². The van der Waals surface area contributed by atoms with Crippen LogP contribution in [0.3, 0.4) is 0 Å². The van der Waals surface area contributed by atoms with E-state index in [1.807, 2.05) is 0 Å². The van der Waals surface area contributed by atoms with Crippen molar-refractivity contribution in [3.05, 3.63) is 92.8 Å². The number of aromatic nitrogens is 5. The third-order valence-electron chi connectivity index (χ3n) is 4.65. The van der Waals surface area contributed by atoms with Crippen molar-refractivity contribution >= 4 is 23.4 Å². The second-order valence-electron chi connectivity index (χ2n) is 7.41. The molecule has 0 aliphatic heterocycles. The van der Waals surface area contributed by atoms with Gasteiger partial charge in [-0.2, -0.15) is 0 Å². The number of hydrogen-bond donors (Lipinski definition) is 3. The van der Waals surface area contributed by atoms with E-state index in [4.69, 9.17) is 0 Å². The standard InChI is InChI=1S/C22H16F4N6O4S/c23-12-1-5-15(6-2-12)32-17(9-14-10-18(33)29-20(35)28-14)30-31-21(32)37-11-19(34)27-13-3-7-16(8-4-13)36-22(24,25)26/h1-8,10H,9,11H2,(H,27,34)(H2,28,29,33,35). The topological polar surface area (TPSA) is 135 Å². The zero-order chi connectivity index (χ0) is 26.6. The van der Waals surface area contributed by atoms with E-state index in [1.54, 1.807) is 4.57 Å². The number of halogens is 4. The number of hydrogen-bond acceptors (Lipinski definition) is 7. The van der Waals surface area contributed by atoms with E-state index >= 15 is 0 Å². The summed E-state index contributed by atoms with van der Waals surface area (Å²) < 4.78 is 55.7. The molecule has 0 radical (unpaired) electrons. The highest BCUT2D eigenvalue weighted by molar-refractivity contribution is 7.99. The third-order valence-corrected chi connectivity index (χ3v) is 5.58. The first-order chi connectivity index (χ1) is 17.6. The molecule has 1 amide bonds. The molecule has 10 nitrogen and oxygen atoms in total. The van der Waals surface area contributed by atoms with E-state index in [0.29, 0.717) is 11.5 Å². The van der Waals surface area contributed by atoms with Crippen LogP contribution in [0.1, 0.15) is 11.5 Å². The minimum atomic E-state index is -4.83. The fourth-order valence-electron chi connectivity index (χ4n) is 3.21. The molecule has 0 saturated heterocycles. The molecule has 4 aromatic rings. The molecule has 2 aromatic carbocycles. The lowest BCUT2D eigenvalue weighted by Gasteiger charge is -2.11. The zero-order valence-corrected chi connectivity index (χ0v) is 19.3. The Hall–Kier alpha value is -4.40. The first-order valence-corrected chi connectivity index (χ1v) is 11.4. The van der Waals surface area contributed by atoms with Crippen molar-refractivity contribution in [3.8, 4) is 11.4 Å². The molecule has 0 bridgehead atoms. The van der Waals surface area contributed by atoms with Crippen LogP contribution >= 0.6 is 11.8 Å². The number of carbonyl (C=O) groups excluding carboxylic acids is 1. The lowest BCUT2D eigenvalue weighted by Crippen LogP contribution is -2.23. The van der Waals surface area contributed by atoms with E-state index in [-0.39, 0.29) is 28.7 Å². The average molecular weight is 536 g/mol. The minimum absolute atomic E-state index is 0.00262. The van der Waals surface area contributed by atoms with Crippen LogP contribution < -0.4 is 21.3 Å². The molecule has 0 unspecified atom stereocenters. The van der Waals surface area contributed by atoms with Crippen molar-refractivity contribution in [2.45, 2.75) is 17.9 Å². The number of carbonyl (C=O) groups is 1. The number of H-pyrrole nitrogens is 2. The first-order valence-electron chi connectivity index (χ1n) is 10.4. The van der Waals surface area contributed by atoms with Crippen molar-refractivity contribution in [3.63, 3.8) is 0 Å². The molecule has 0 spiro atoms. The van der Waals surface area contributed by atoms with E-state index in [1.165, 1.54) is 42.5 Å². The SMILES string of the molecule is O=C(CSc1nnc(Cc2cc(=O)[nH]c(=O)[nH]2)n1-c1ccc(F)cc1)Nc1ccc(OC(F)(F)F)cc1. The number of amides is 1. The number of aromatic amines is 2. The molecule has 15 heteroatoms. The Labute approximate surface area is 208 Å². The first kappa shape index (κ1) is 25.7. The molecule has 0 atom stereocenters. The van der Waals surface area contributed by atoms with Crippen LogP contribution in [0.5, 0.6) is 5.75 Å². The molecule has 2 heterocycles. The second-order valence-corrected chi connectivity index (χ2v) is 8.35. The summed E-state index contributed by atoms with van der Waals surface area (Å²) in [7, 11) is 0.